The molecule has 0 unspecified atom stereocenters. The number of aromatic amines is 1. The van der Waals surface area contributed by atoms with Gasteiger partial charge in [-0.05, 0) is 57.2 Å². The molecule has 0 saturated carbocycles. The van der Waals surface area contributed by atoms with Crippen molar-refractivity contribution in [3.05, 3.63) is 47.3 Å². The molecule has 1 atom stereocenters. The van der Waals surface area contributed by atoms with E-state index in [1.54, 1.807) is 0 Å². The average Bonchev–Trinajstić information content (AvgIpc) is 3.33. The quantitative estimate of drug-likeness (QED) is 0.797. The monoisotopic (exact) mass is 335 g/mol. The minimum absolute atomic E-state index is 0.408. The third-order valence-corrected chi connectivity index (χ3v) is 5.88. The van der Waals surface area contributed by atoms with Gasteiger partial charge in [0.25, 0.3) is 0 Å². The van der Waals surface area contributed by atoms with Gasteiger partial charge in [-0.25, -0.2) is 9.97 Å². The lowest BCUT2D eigenvalue weighted by atomic mass is 10.0. The van der Waals surface area contributed by atoms with Crippen LogP contribution in [-0.2, 0) is 26.4 Å². The fourth-order valence-electron chi connectivity index (χ4n) is 4.48. The molecule has 1 aliphatic heterocycles. The minimum atomic E-state index is 0.408. The summed E-state index contributed by atoms with van der Waals surface area (Å²) >= 11 is 0. The molecule has 5 rings (SSSR count). The summed E-state index contributed by atoms with van der Waals surface area (Å²) in [6.07, 6.45) is 7.31. The Morgan fingerprint density at radius 2 is 2.00 bits per heavy atom. The second-order valence-corrected chi connectivity index (χ2v) is 7.46. The largest absolute Gasteiger partial charge is 0.344 e. The second kappa shape index (κ2) is 5.99. The van der Waals surface area contributed by atoms with Crippen LogP contribution in [-0.4, -0.2) is 31.0 Å². The molecule has 1 aliphatic carbocycles. The molecule has 0 spiro atoms. The molecule has 1 fully saturated rings. The van der Waals surface area contributed by atoms with Crippen molar-refractivity contribution in [3.8, 4) is 0 Å². The van der Waals surface area contributed by atoms with E-state index in [0.29, 0.717) is 6.04 Å². The zero-order valence-corrected chi connectivity index (χ0v) is 14.8. The van der Waals surface area contributed by atoms with Gasteiger partial charge < -0.3 is 9.55 Å². The standard InChI is InChI=1S/C20H25N5/c1-24-17-10-5-4-9-16(17)21-19(24)13-25-12-6-11-18(25)20-22-14-7-2-3-8-15(14)23-20/h4-5,9-10,18H,2-3,6-8,11-13H2,1H3,(H,22,23)/t18-/m1/s1. The lowest BCUT2D eigenvalue weighted by molar-refractivity contribution is 0.233. The Morgan fingerprint density at radius 3 is 2.88 bits per heavy atom. The summed E-state index contributed by atoms with van der Waals surface area (Å²) < 4.78 is 2.23. The summed E-state index contributed by atoms with van der Waals surface area (Å²) in [4.78, 5) is 16.0. The maximum atomic E-state index is 4.97. The topological polar surface area (TPSA) is 49.7 Å². The summed E-state index contributed by atoms with van der Waals surface area (Å²) in [6.45, 7) is 2.01. The van der Waals surface area contributed by atoms with E-state index in [2.05, 4.69) is 45.8 Å². The number of nitrogens with zero attached hydrogens (tertiary/aromatic N) is 4. The minimum Gasteiger partial charge on any atom is -0.344 e. The van der Waals surface area contributed by atoms with Gasteiger partial charge in [0.2, 0.25) is 0 Å². The van der Waals surface area contributed by atoms with Crippen LogP contribution in [0.1, 0.15) is 54.8 Å². The highest BCUT2D eigenvalue weighted by Gasteiger charge is 2.30. The molecule has 0 radical (unpaired) electrons. The first-order valence-electron chi connectivity index (χ1n) is 9.51. The van der Waals surface area contributed by atoms with Crippen LogP contribution in [0.5, 0.6) is 0 Å². The summed E-state index contributed by atoms with van der Waals surface area (Å²) in [7, 11) is 2.13. The SMILES string of the molecule is Cn1c(CN2CCC[C@@H]2c2nc3c([nH]2)CCCC3)nc2ccccc21. The van der Waals surface area contributed by atoms with Gasteiger partial charge in [-0.2, -0.15) is 0 Å². The number of H-pyrrole nitrogens is 1. The first kappa shape index (κ1) is 15.1. The molecule has 25 heavy (non-hydrogen) atoms. The predicted octanol–water partition coefficient (Wildman–Crippen LogP) is 3.51. The molecule has 1 aromatic carbocycles. The number of benzene rings is 1. The van der Waals surface area contributed by atoms with E-state index in [1.807, 2.05) is 0 Å². The molecule has 1 saturated heterocycles. The van der Waals surface area contributed by atoms with E-state index in [4.69, 9.17) is 9.97 Å². The molecule has 0 amide bonds. The van der Waals surface area contributed by atoms with Gasteiger partial charge in [0, 0.05) is 12.7 Å². The van der Waals surface area contributed by atoms with E-state index in [9.17, 15) is 0 Å². The van der Waals surface area contributed by atoms with Crippen molar-refractivity contribution >= 4 is 11.0 Å². The van der Waals surface area contributed by atoms with Crippen LogP contribution in [0.2, 0.25) is 0 Å². The number of rotatable bonds is 3. The lowest BCUT2D eigenvalue weighted by Crippen LogP contribution is -2.25. The van der Waals surface area contributed by atoms with Crippen molar-refractivity contribution in [2.75, 3.05) is 6.54 Å². The number of likely N-dealkylation sites (tertiary alicyclic amines) is 1. The normalized spacial score (nSPS) is 21.1. The zero-order chi connectivity index (χ0) is 16.8. The molecule has 3 aromatic rings. The lowest BCUT2D eigenvalue weighted by Gasteiger charge is -2.22. The van der Waals surface area contributed by atoms with Gasteiger partial charge >= 0.3 is 0 Å². The molecule has 130 valence electrons. The Morgan fingerprint density at radius 1 is 1.12 bits per heavy atom. The van der Waals surface area contributed by atoms with Crippen molar-refractivity contribution < 1.29 is 0 Å². The summed E-state index contributed by atoms with van der Waals surface area (Å²) in [6, 6.07) is 8.80. The van der Waals surface area contributed by atoms with Crippen LogP contribution >= 0.6 is 0 Å². The van der Waals surface area contributed by atoms with Crippen molar-refractivity contribution in [3.63, 3.8) is 0 Å². The number of para-hydroxylation sites is 2. The number of hydrogen-bond donors (Lipinski definition) is 1. The molecule has 2 aliphatic rings. The van der Waals surface area contributed by atoms with E-state index < -0.39 is 0 Å². The predicted molar refractivity (Wildman–Crippen MR) is 98.3 cm³/mol. The Bertz CT molecular complexity index is 883. The summed E-state index contributed by atoms with van der Waals surface area (Å²) in [5.41, 5.74) is 5.00. The summed E-state index contributed by atoms with van der Waals surface area (Å²) in [5, 5.41) is 0. The van der Waals surface area contributed by atoms with Crippen LogP contribution in [0.25, 0.3) is 11.0 Å². The molecule has 5 heteroatoms. The molecular weight excluding hydrogens is 310 g/mol. The van der Waals surface area contributed by atoms with Gasteiger partial charge in [0.15, 0.2) is 0 Å². The third kappa shape index (κ3) is 2.58. The van der Waals surface area contributed by atoms with Gasteiger partial charge in [-0.15, -0.1) is 0 Å². The average molecular weight is 335 g/mol. The van der Waals surface area contributed by atoms with Crippen molar-refractivity contribution in [1.82, 2.24) is 24.4 Å². The number of aryl methyl sites for hydroxylation is 3. The van der Waals surface area contributed by atoms with Crippen LogP contribution in [0.4, 0.5) is 0 Å². The number of nitrogens with one attached hydrogen (secondary N) is 1. The Hall–Kier alpha value is -2.14. The van der Waals surface area contributed by atoms with E-state index >= 15 is 0 Å². The van der Waals surface area contributed by atoms with Crippen molar-refractivity contribution in [2.24, 2.45) is 7.05 Å². The molecular formula is C20H25N5. The fourth-order valence-corrected chi connectivity index (χ4v) is 4.48. The third-order valence-electron chi connectivity index (χ3n) is 5.88. The highest BCUT2D eigenvalue weighted by atomic mass is 15.2. The van der Waals surface area contributed by atoms with Crippen LogP contribution in [0.15, 0.2) is 24.3 Å². The van der Waals surface area contributed by atoms with Gasteiger partial charge in [-0.1, -0.05) is 12.1 Å². The molecule has 1 N–H and O–H groups in total. The van der Waals surface area contributed by atoms with Gasteiger partial charge in [-0.3, -0.25) is 4.90 Å². The fraction of sp³-hybridized carbons (Fsp3) is 0.500. The van der Waals surface area contributed by atoms with Crippen LogP contribution in [0.3, 0.4) is 0 Å². The first-order valence-corrected chi connectivity index (χ1v) is 9.51. The molecule has 0 bridgehead atoms. The second-order valence-electron chi connectivity index (χ2n) is 7.46. The van der Waals surface area contributed by atoms with E-state index in [1.165, 1.54) is 54.8 Å². The molecule has 3 heterocycles. The van der Waals surface area contributed by atoms with E-state index in [0.717, 1.165) is 30.9 Å². The summed E-state index contributed by atoms with van der Waals surface area (Å²) in [5.74, 6) is 2.33. The molecule has 2 aromatic heterocycles. The Kier molecular flexibility index (Phi) is 3.63. The number of imidazole rings is 2. The van der Waals surface area contributed by atoms with Crippen molar-refractivity contribution in [1.29, 1.82) is 0 Å². The maximum absolute atomic E-state index is 4.97. The number of aromatic nitrogens is 4. The van der Waals surface area contributed by atoms with Crippen LogP contribution < -0.4 is 0 Å². The Balaban J connectivity index is 1.42. The van der Waals surface area contributed by atoms with Crippen LogP contribution in [0, 0.1) is 0 Å². The Labute approximate surface area is 148 Å². The van der Waals surface area contributed by atoms with Gasteiger partial charge in [0.05, 0.1) is 29.3 Å². The van der Waals surface area contributed by atoms with E-state index in [-0.39, 0.29) is 0 Å². The van der Waals surface area contributed by atoms with Crippen molar-refractivity contribution in [2.45, 2.75) is 51.1 Å². The number of fused-ring (bicyclic) bond motifs is 2. The highest BCUT2D eigenvalue weighted by Crippen LogP contribution is 2.33. The molecule has 5 nitrogen and oxygen atoms in total. The smallest absolute Gasteiger partial charge is 0.124 e. The van der Waals surface area contributed by atoms with Gasteiger partial charge in [0.1, 0.15) is 11.6 Å². The maximum Gasteiger partial charge on any atom is 0.124 e. The number of hydrogen-bond acceptors (Lipinski definition) is 3. The zero-order valence-electron chi connectivity index (χ0n) is 14.8. The first-order chi connectivity index (χ1) is 12.3. The highest BCUT2D eigenvalue weighted by molar-refractivity contribution is 5.75.